The van der Waals surface area contributed by atoms with Crippen LogP contribution in [-0.2, 0) is 19.7 Å². The molecule has 1 N–H and O–H groups in total. The number of hydrogen-bond acceptors (Lipinski definition) is 5. The number of hydrogen-bond donors (Lipinski definition) is 1. The topological polar surface area (TPSA) is 73.9 Å². The predicted octanol–water partition coefficient (Wildman–Crippen LogP) is 3.86. The zero-order chi connectivity index (χ0) is 20.7. The average molecular weight is 385 g/mol. The Kier molecular flexibility index (Phi) is 7.04. The minimum Gasteiger partial charge on any atom is -0.484 e. The molecule has 0 aromatic heterocycles. The number of esters is 1. The van der Waals surface area contributed by atoms with Crippen molar-refractivity contribution in [2.24, 2.45) is 0 Å². The molecule has 0 saturated carbocycles. The highest BCUT2D eigenvalue weighted by Gasteiger charge is 2.14. The standard InChI is InChI=1S/C22H27NO5/c1-15-11-18(28-14-21(25)26-5)9-10-19(15)23-20(24)13-27-17-8-6-7-16(12-17)22(2,3)4/h6-12H,13-14H2,1-5H3,(H,23,24). The number of carbonyl (C=O) groups is 2. The maximum Gasteiger partial charge on any atom is 0.343 e. The van der Waals surface area contributed by atoms with Gasteiger partial charge in [-0.25, -0.2) is 4.79 Å². The lowest BCUT2D eigenvalue weighted by molar-refractivity contribution is -0.142. The van der Waals surface area contributed by atoms with Gasteiger partial charge in [0.25, 0.3) is 5.91 Å². The number of benzene rings is 2. The molecular formula is C22H27NO5. The number of anilines is 1. The molecular weight excluding hydrogens is 358 g/mol. The third-order valence-electron chi connectivity index (χ3n) is 4.13. The molecule has 0 bridgehead atoms. The SMILES string of the molecule is COC(=O)COc1ccc(NC(=O)COc2cccc(C(C)(C)C)c2)c(C)c1. The number of ether oxygens (including phenoxy) is 3. The van der Waals surface area contributed by atoms with Crippen LogP contribution in [0.1, 0.15) is 31.9 Å². The number of nitrogens with one attached hydrogen (secondary N) is 1. The van der Waals surface area contributed by atoms with E-state index < -0.39 is 5.97 Å². The molecule has 0 aliphatic carbocycles. The van der Waals surface area contributed by atoms with Gasteiger partial charge >= 0.3 is 5.97 Å². The summed E-state index contributed by atoms with van der Waals surface area (Å²) in [5, 5.41) is 2.82. The van der Waals surface area contributed by atoms with Gasteiger partial charge < -0.3 is 19.5 Å². The largest absolute Gasteiger partial charge is 0.484 e. The van der Waals surface area contributed by atoms with Crippen LogP contribution in [0.4, 0.5) is 5.69 Å². The Labute approximate surface area is 165 Å². The minimum atomic E-state index is -0.456. The molecule has 0 aliphatic rings. The van der Waals surface area contributed by atoms with Crippen LogP contribution in [-0.4, -0.2) is 32.2 Å². The molecule has 28 heavy (non-hydrogen) atoms. The average Bonchev–Trinajstić information content (AvgIpc) is 2.66. The van der Waals surface area contributed by atoms with Crippen LogP contribution in [0.2, 0.25) is 0 Å². The van der Waals surface area contributed by atoms with Crippen molar-refractivity contribution in [3.8, 4) is 11.5 Å². The third kappa shape index (κ3) is 6.30. The molecule has 1 amide bonds. The number of rotatable bonds is 7. The summed E-state index contributed by atoms with van der Waals surface area (Å²) in [7, 11) is 1.30. The first-order chi connectivity index (χ1) is 13.2. The number of methoxy groups -OCH3 is 1. The fourth-order valence-electron chi connectivity index (χ4n) is 2.45. The van der Waals surface area contributed by atoms with E-state index in [4.69, 9.17) is 9.47 Å². The lowest BCUT2D eigenvalue weighted by Gasteiger charge is -2.19. The quantitative estimate of drug-likeness (QED) is 0.733. The Morgan fingerprint density at radius 1 is 0.964 bits per heavy atom. The van der Waals surface area contributed by atoms with Crippen molar-refractivity contribution in [2.45, 2.75) is 33.1 Å². The summed E-state index contributed by atoms with van der Waals surface area (Å²) in [6.07, 6.45) is 0. The summed E-state index contributed by atoms with van der Waals surface area (Å²) in [5.41, 5.74) is 2.62. The lowest BCUT2D eigenvalue weighted by Crippen LogP contribution is -2.21. The summed E-state index contributed by atoms with van der Waals surface area (Å²) in [4.78, 5) is 23.4. The molecule has 0 heterocycles. The lowest BCUT2D eigenvalue weighted by atomic mass is 9.87. The summed E-state index contributed by atoms with van der Waals surface area (Å²) >= 11 is 0. The van der Waals surface area contributed by atoms with E-state index in [2.05, 4.69) is 30.8 Å². The van der Waals surface area contributed by atoms with E-state index in [9.17, 15) is 9.59 Å². The molecule has 2 rings (SSSR count). The van der Waals surface area contributed by atoms with Crippen molar-refractivity contribution in [2.75, 3.05) is 25.6 Å². The van der Waals surface area contributed by atoms with Crippen LogP contribution >= 0.6 is 0 Å². The van der Waals surface area contributed by atoms with Crippen molar-refractivity contribution in [1.29, 1.82) is 0 Å². The third-order valence-corrected chi connectivity index (χ3v) is 4.13. The van der Waals surface area contributed by atoms with E-state index in [-0.39, 0.29) is 24.5 Å². The fraction of sp³-hybridized carbons (Fsp3) is 0.364. The summed E-state index contributed by atoms with van der Waals surface area (Å²) < 4.78 is 15.5. The van der Waals surface area contributed by atoms with Crippen molar-refractivity contribution < 1.29 is 23.8 Å². The van der Waals surface area contributed by atoms with Gasteiger partial charge in [0.1, 0.15) is 11.5 Å². The molecule has 0 radical (unpaired) electrons. The molecule has 6 nitrogen and oxygen atoms in total. The molecule has 0 atom stereocenters. The molecule has 0 unspecified atom stereocenters. The van der Waals surface area contributed by atoms with E-state index in [1.807, 2.05) is 31.2 Å². The minimum absolute atomic E-state index is 0.0103. The Morgan fingerprint density at radius 3 is 2.29 bits per heavy atom. The monoisotopic (exact) mass is 385 g/mol. The van der Waals surface area contributed by atoms with Crippen LogP contribution in [0.3, 0.4) is 0 Å². The zero-order valence-corrected chi connectivity index (χ0v) is 17.0. The number of carbonyl (C=O) groups excluding carboxylic acids is 2. The number of aryl methyl sites for hydroxylation is 1. The number of amides is 1. The van der Waals surface area contributed by atoms with Gasteiger partial charge in [-0.3, -0.25) is 4.79 Å². The summed E-state index contributed by atoms with van der Waals surface area (Å²) in [5.74, 6) is 0.470. The maximum atomic E-state index is 12.2. The van der Waals surface area contributed by atoms with Crippen LogP contribution < -0.4 is 14.8 Å². The van der Waals surface area contributed by atoms with E-state index in [1.54, 1.807) is 18.2 Å². The first-order valence-electron chi connectivity index (χ1n) is 9.02. The smallest absolute Gasteiger partial charge is 0.343 e. The van der Waals surface area contributed by atoms with Crippen LogP contribution in [0.5, 0.6) is 11.5 Å². The van der Waals surface area contributed by atoms with Crippen LogP contribution in [0, 0.1) is 6.92 Å². The molecule has 6 heteroatoms. The van der Waals surface area contributed by atoms with Gasteiger partial charge in [0.15, 0.2) is 13.2 Å². The first kappa shape index (κ1) is 21.3. The second-order valence-corrected chi connectivity index (χ2v) is 7.46. The van der Waals surface area contributed by atoms with Gasteiger partial charge in [-0.1, -0.05) is 32.9 Å². The maximum absolute atomic E-state index is 12.2. The molecule has 0 aliphatic heterocycles. The highest BCUT2D eigenvalue weighted by Crippen LogP contribution is 2.26. The van der Waals surface area contributed by atoms with Crippen LogP contribution in [0.25, 0.3) is 0 Å². The van der Waals surface area contributed by atoms with Gasteiger partial charge in [0, 0.05) is 5.69 Å². The van der Waals surface area contributed by atoms with Crippen LogP contribution in [0.15, 0.2) is 42.5 Å². The van der Waals surface area contributed by atoms with Crippen molar-refractivity contribution >= 4 is 17.6 Å². The van der Waals surface area contributed by atoms with Gasteiger partial charge in [0.2, 0.25) is 0 Å². The van der Waals surface area contributed by atoms with Gasteiger partial charge in [0.05, 0.1) is 7.11 Å². The Balaban J connectivity index is 1.92. The highest BCUT2D eigenvalue weighted by atomic mass is 16.6. The summed E-state index contributed by atoms with van der Waals surface area (Å²) in [6, 6.07) is 12.9. The molecule has 0 fully saturated rings. The molecule has 0 spiro atoms. The molecule has 2 aromatic carbocycles. The first-order valence-corrected chi connectivity index (χ1v) is 9.02. The molecule has 0 saturated heterocycles. The van der Waals surface area contributed by atoms with Gasteiger partial charge in [-0.15, -0.1) is 0 Å². The van der Waals surface area contributed by atoms with E-state index in [0.29, 0.717) is 17.2 Å². The Bertz CT molecular complexity index is 839. The van der Waals surface area contributed by atoms with Crippen molar-refractivity contribution in [3.63, 3.8) is 0 Å². The van der Waals surface area contributed by atoms with Crippen molar-refractivity contribution in [1.82, 2.24) is 0 Å². The molecule has 150 valence electrons. The van der Waals surface area contributed by atoms with E-state index in [1.165, 1.54) is 7.11 Å². The highest BCUT2D eigenvalue weighted by molar-refractivity contribution is 5.92. The second-order valence-electron chi connectivity index (χ2n) is 7.46. The van der Waals surface area contributed by atoms with E-state index in [0.717, 1.165) is 11.1 Å². The van der Waals surface area contributed by atoms with Gasteiger partial charge in [-0.2, -0.15) is 0 Å². The summed E-state index contributed by atoms with van der Waals surface area (Å²) in [6.45, 7) is 7.96. The fourth-order valence-corrected chi connectivity index (χ4v) is 2.45. The predicted molar refractivity (Wildman–Crippen MR) is 108 cm³/mol. The second kappa shape index (κ2) is 9.26. The zero-order valence-electron chi connectivity index (χ0n) is 17.0. The Hall–Kier alpha value is -3.02. The van der Waals surface area contributed by atoms with E-state index >= 15 is 0 Å². The molecule has 2 aromatic rings. The van der Waals surface area contributed by atoms with Crippen molar-refractivity contribution in [3.05, 3.63) is 53.6 Å². The van der Waals surface area contributed by atoms with Gasteiger partial charge in [-0.05, 0) is 53.8 Å². The normalized spacial score (nSPS) is 10.9. The Morgan fingerprint density at radius 2 is 1.64 bits per heavy atom.